The first kappa shape index (κ1) is 12.6. The number of nitrogens with two attached hydrogens (primary N) is 2. The molecule has 1 aromatic rings. The van der Waals surface area contributed by atoms with Gasteiger partial charge >= 0.3 is 0 Å². The largest absolute Gasteiger partial charge is 0.504 e. The second kappa shape index (κ2) is 5.02. The minimum atomic E-state index is -0.639. The Hall–Kier alpha value is -1.50. The van der Waals surface area contributed by atoms with Crippen LogP contribution in [0, 0.1) is 0 Å². The lowest BCUT2D eigenvalue weighted by atomic mass is 9.91. The van der Waals surface area contributed by atoms with Crippen LogP contribution in [0.1, 0.15) is 11.5 Å². The van der Waals surface area contributed by atoms with Crippen molar-refractivity contribution in [2.75, 3.05) is 13.2 Å². The predicted octanol–water partition coefficient (Wildman–Crippen LogP) is -0.835. The van der Waals surface area contributed by atoms with Gasteiger partial charge in [0.15, 0.2) is 11.5 Å². The highest BCUT2D eigenvalue weighted by atomic mass is 16.3. The summed E-state index contributed by atoms with van der Waals surface area (Å²) in [7, 11) is 0. The van der Waals surface area contributed by atoms with Crippen LogP contribution in [0.25, 0.3) is 0 Å². The van der Waals surface area contributed by atoms with Gasteiger partial charge in [-0.3, -0.25) is 0 Å². The van der Waals surface area contributed by atoms with Gasteiger partial charge in [-0.2, -0.15) is 0 Å². The molecule has 6 heteroatoms. The molecule has 1 aromatic carbocycles. The van der Waals surface area contributed by atoms with Crippen LogP contribution in [-0.2, 0) is 0 Å². The van der Waals surface area contributed by atoms with Crippen molar-refractivity contribution in [3.8, 4) is 17.2 Å². The lowest BCUT2D eigenvalue weighted by Crippen LogP contribution is -2.36. The predicted molar refractivity (Wildman–Crippen MR) is 58.3 cm³/mol. The number of rotatable bonds is 4. The minimum Gasteiger partial charge on any atom is -0.504 e. The van der Waals surface area contributed by atoms with Crippen molar-refractivity contribution in [2.45, 2.75) is 12.0 Å². The summed E-state index contributed by atoms with van der Waals surface area (Å²) in [6, 6.07) is 2.01. The average molecular weight is 228 g/mol. The number of aromatic hydroxyl groups is 3. The van der Waals surface area contributed by atoms with Crippen LogP contribution in [0.2, 0.25) is 0 Å². The van der Waals surface area contributed by atoms with E-state index in [1.165, 1.54) is 12.1 Å². The normalized spacial score (nSPS) is 14.7. The van der Waals surface area contributed by atoms with Crippen LogP contribution in [0.15, 0.2) is 12.1 Å². The van der Waals surface area contributed by atoms with E-state index < -0.39 is 29.2 Å². The standard InChI is InChI=1S/C10H16N2O4/c11-3-6(7(12)4-13)5-1-2-8(14)10(16)9(5)15/h1-2,6-7,13-16H,3-4,11-12H2. The summed E-state index contributed by atoms with van der Waals surface area (Å²) in [5.74, 6) is -1.98. The Morgan fingerprint density at radius 1 is 1.12 bits per heavy atom. The van der Waals surface area contributed by atoms with E-state index in [0.29, 0.717) is 5.56 Å². The van der Waals surface area contributed by atoms with Gasteiger partial charge in [0.2, 0.25) is 5.75 Å². The highest BCUT2D eigenvalue weighted by Gasteiger charge is 2.23. The Bertz CT molecular complexity index is 370. The smallest absolute Gasteiger partial charge is 0.200 e. The second-order valence-corrected chi connectivity index (χ2v) is 3.56. The van der Waals surface area contributed by atoms with Gasteiger partial charge in [-0.25, -0.2) is 0 Å². The molecule has 90 valence electrons. The lowest BCUT2D eigenvalue weighted by molar-refractivity contribution is 0.248. The molecule has 0 spiro atoms. The van der Waals surface area contributed by atoms with Crippen LogP contribution in [0.4, 0.5) is 0 Å². The van der Waals surface area contributed by atoms with Gasteiger partial charge in [0.05, 0.1) is 6.61 Å². The molecular formula is C10H16N2O4. The monoisotopic (exact) mass is 228 g/mol. The molecule has 0 saturated heterocycles. The topological polar surface area (TPSA) is 133 Å². The Kier molecular flexibility index (Phi) is 3.94. The van der Waals surface area contributed by atoms with E-state index in [1.807, 2.05) is 0 Å². The van der Waals surface area contributed by atoms with Gasteiger partial charge in [-0.1, -0.05) is 6.07 Å². The molecule has 16 heavy (non-hydrogen) atoms. The Balaban J connectivity index is 3.16. The molecule has 0 fully saturated rings. The van der Waals surface area contributed by atoms with Crippen molar-refractivity contribution in [3.63, 3.8) is 0 Å². The molecule has 0 aliphatic rings. The molecule has 1 rings (SSSR count). The number of aliphatic hydroxyl groups is 1. The van der Waals surface area contributed by atoms with Gasteiger partial charge in [0.25, 0.3) is 0 Å². The number of phenolic OH excluding ortho intramolecular Hbond substituents is 3. The molecule has 8 N–H and O–H groups in total. The van der Waals surface area contributed by atoms with Crippen LogP contribution in [0.3, 0.4) is 0 Å². The third-order valence-electron chi connectivity index (χ3n) is 2.54. The molecule has 0 heterocycles. The fraction of sp³-hybridized carbons (Fsp3) is 0.400. The number of hydrogen-bond acceptors (Lipinski definition) is 6. The van der Waals surface area contributed by atoms with E-state index in [-0.39, 0.29) is 13.2 Å². The first-order valence-electron chi connectivity index (χ1n) is 4.83. The molecule has 0 aliphatic heterocycles. The third-order valence-corrected chi connectivity index (χ3v) is 2.54. The highest BCUT2D eigenvalue weighted by Crippen LogP contribution is 2.40. The maximum absolute atomic E-state index is 9.62. The zero-order chi connectivity index (χ0) is 12.3. The molecule has 0 aromatic heterocycles. The van der Waals surface area contributed by atoms with Gasteiger partial charge in [-0.05, 0) is 6.07 Å². The lowest BCUT2D eigenvalue weighted by Gasteiger charge is -2.22. The molecule has 0 radical (unpaired) electrons. The Morgan fingerprint density at radius 3 is 2.25 bits per heavy atom. The van der Waals surface area contributed by atoms with E-state index in [9.17, 15) is 10.2 Å². The van der Waals surface area contributed by atoms with Gasteiger partial charge < -0.3 is 31.9 Å². The van der Waals surface area contributed by atoms with E-state index in [2.05, 4.69) is 0 Å². The second-order valence-electron chi connectivity index (χ2n) is 3.56. The van der Waals surface area contributed by atoms with Crippen molar-refractivity contribution < 1.29 is 20.4 Å². The molecule has 6 nitrogen and oxygen atoms in total. The minimum absolute atomic E-state index is 0.111. The summed E-state index contributed by atoms with van der Waals surface area (Å²) >= 11 is 0. The first-order chi connectivity index (χ1) is 7.52. The van der Waals surface area contributed by atoms with E-state index in [4.69, 9.17) is 21.7 Å². The van der Waals surface area contributed by atoms with E-state index >= 15 is 0 Å². The molecule has 0 amide bonds. The molecule has 0 aliphatic carbocycles. The highest BCUT2D eigenvalue weighted by molar-refractivity contribution is 5.54. The van der Waals surface area contributed by atoms with E-state index in [1.54, 1.807) is 0 Å². The van der Waals surface area contributed by atoms with Gasteiger partial charge in [0, 0.05) is 24.1 Å². The van der Waals surface area contributed by atoms with Crippen molar-refractivity contribution in [1.29, 1.82) is 0 Å². The molecule has 0 saturated carbocycles. The number of hydrogen-bond donors (Lipinski definition) is 6. The van der Waals surface area contributed by atoms with Crippen LogP contribution < -0.4 is 11.5 Å². The summed E-state index contributed by atoms with van der Waals surface area (Å²) in [4.78, 5) is 0. The average Bonchev–Trinajstić information content (AvgIpc) is 2.29. The summed E-state index contributed by atoms with van der Waals surface area (Å²) in [5.41, 5.74) is 11.4. The van der Waals surface area contributed by atoms with Gasteiger partial charge in [-0.15, -0.1) is 0 Å². The van der Waals surface area contributed by atoms with Crippen molar-refractivity contribution in [1.82, 2.24) is 0 Å². The SMILES string of the molecule is NCC(c1ccc(O)c(O)c1O)C(N)CO. The number of benzene rings is 1. The van der Waals surface area contributed by atoms with Crippen molar-refractivity contribution in [3.05, 3.63) is 17.7 Å². The zero-order valence-electron chi connectivity index (χ0n) is 8.67. The number of aliphatic hydroxyl groups excluding tert-OH is 1. The van der Waals surface area contributed by atoms with Crippen molar-refractivity contribution in [2.24, 2.45) is 11.5 Å². The van der Waals surface area contributed by atoms with Crippen molar-refractivity contribution >= 4 is 0 Å². The summed E-state index contributed by atoms with van der Waals surface area (Å²) in [5, 5.41) is 37.1. The van der Waals surface area contributed by atoms with Crippen LogP contribution >= 0.6 is 0 Å². The molecule has 2 atom stereocenters. The summed E-state index contributed by atoms with van der Waals surface area (Å²) < 4.78 is 0. The maximum Gasteiger partial charge on any atom is 0.200 e. The van der Waals surface area contributed by atoms with Crippen LogP contribution in [0.5, 0.6) is 17.2 Å². The summed E-state index contributed by atoms with van der Waals surface area (Å²) in [6.45, 7) is -0.178. The first-order valence-corrected chi connectivity index (χ1v) is 4.83. The Labute approximate surface area is 92.7 Å². The maximum atomic E-state index is 9.62. The van der Waals surface area contributed by atoms with Crippen LogP contribution in [-0.4, -0.2) is 39.6 Å². The van der Waals surface area contributed by atoms with Gasteiger partial charge in [0.1, 0.15) is 0 Å². The fourth-order valence-corrected chi connectivity index (χ4v) is 1.54. The fourth-order valence-electron chi connectivity index (χ4n) is 1.54. The van der Waals surface area contributed by atoms with E-state index in [0.717, 1.165) is 0 Å². The Morgan fingerprint density at radius 2 is 1.75 bits per heavy atom. The molecule has 0 bridgehead atoms. The third kappa shape index (κ3) is 2.19. The zero-order valence-corrected chi connectivity index (χ0v) is 8.67. The molecular weight excluding hydrogens is 212 g/mol. The number of phenols is 3. The quantitative estimate of drug-likeness (QED) is 0.372. The summed E-state index contributed by atoms with van der Waals surface area (Å²) in [6.07, 6.45) is 0. The molecule has 2 unspecified atom stereocenters.